The average Bonchev–Trinajstić information content (AvgIpc) is 3.02. The van der Waals surface area contributed by atoms with Gasteiger partial charge in [-0.3, -0.25) is 4.79 Å². The number of rotatable bonds is 4. The Morgan fingerprint density at radius 3 is 2.29 bits per heavy atom. The van der Waals surface area contributed by atoms with Crippen molar-refractivity contribution in [2.75, 3.05) is 27.9 Å². The van der Waals surface area contributed by atoms with E-state index in [1.54, 1.807) is 18.2 Å². The molecule has 0 bridgehead atoms. The summed E-state index contributed by atoms with van der Waals surface area (Å²) in [5.41, 5.74) is 0.332. The Bertz CT molecular complexity index is 521. The Morgan fingerprint density at radius 2 is 1.76 bits per heavy atom. The van der Waals surface area contributed by atoms with Crippen LogP contribution in [0.3, 0.4) is 0 Å². The van der Waals surface area contributed by atoms with Crippen LogP contribution in [-0.4, -0.2) is 50.7 Å². The summed E-state index contributed by atoms with van der Waals surface area (Å²) in [5, 5.41) is 0. The van der Waals surface area contributed by atoms with Gasteiger partial charge in [-0.25, -0.2) is 4.79 Å². The van der Waals surface area contributed by atoms with Crippen LogP contribution in [0.2, 0.25) is 0 Å². The average molecular weight is 293 g/mol. The summed E-state index contributed by atoms with van der Waals surface area (Å²) in [5.74, 6) is 0.177. The number of ether oxygens (including phenoxy) is 3. The zero-order valence-corrected chi connectivity index (χ0v) is 12.4. The summed E-state index contributed by atoms with van der Waals surface area (Å²) < 4.78 is 15.3. The maximum atomic E-state index is 12.8. The highest BCUT2D eigenvalue weighted by Crippen LogP contribution is 2.32. The van der Waals surface area contributed by atoms with Crippen LogP contribution in [0, 0.1) is 0 Å². The van der Waals surface area contributed by atoms with E-state index in [1.807, 2.05) is 0 Å². The summed E-state index contributed by atoms with van der Waals surface area (Å²) in [4.78, 5) is 26.1. The fourth-order valence-electron chi connectivity index (χ4n) is 2.60. The van der Waals surface area contributed by atoms with Crippen LogP contribution >= 0.6 is 0 Å². The summed E-state index contributed by atoms with van der Waals surface area (Å²) in [6.45, 7) is 0.514. The fourth-order valence-corrected chi connectivity index (χ4v) is 2.60. The number of hydrogen-bond donors (Lipinski definition) is 0. The number of hydrogen-bond acceptors (Lipinski definition) is 5. The molecule has 1 atom stereocenters. The third-order valence-electron chi connectivity index (χ3n) is 3.63. The van der Waals surface area contributed by atoms with Gasteiger partial charge in [0.1, 0.15) is 23.1 Å². The maximum Gasteiger partial charge on any atom is 0.328 e. The molecule has 0 radical (unpaired) electrons. The van der Waals surface area contributed by atoms with Crippen LogP contribution in [0.15, 0.2) is 18.2 Å². The van der Waals surface area contributed by atoms with E-state index in [9.17, 15) is 9.59 Å². The van der Waals surface area contributed by atoms with E-state index in [1.165, 1.54) is 26.2 Å². The minimum absolute atomic E-state index is 0.280. The monoisotopic (exact) mass is 293 g/mol. The van der Waals surface area contributed by atoms with Crippen LogP contribution in [-0.2, 0) is 9.53 Å². The lowest BCUT2D eigenvalue weighted by Gasteiger charge is -2.24. The van der Waals surface area contributed by atoms with E-state index < -0.39 is 12.0 Å². The van der Waals surface area contributed by atoms with Crippen molar-refractivity contribution in [1.29, 1.82) is 0 Å². The molecule has 21 heavy (non-hydrogen) atoms. The molecule has 1 aromatic carbocycles. The molecule has 1 unspecified atom stereocenters. The van der Waals surface area contributed by atoms with Crippen molar-refractivity contribution in [2.45, 2.75) is 18.9 Å². The second-order valence-corrected chi connectivity index (χ2v) is 4.72. The van der Waals surface area contributed by atoms with Gasteiger partial charge in [-0.2, -0.15) is 0 Å². The lowest BCUT2D eigenvalue weighted by molar-refractivity contribution is -0.145. The number of methoxy groups -OCH3 is 3. The first-order chi connectivity index (χ1) is 10.1. The van der Waals surface area contributed by atoms with Gasteiger partial charge in [-0.15, -0.1) is 0 Å². The molecule has 114 valence electrons. The largest absolute Gasteiger partial charge is 0.496 e. The smallest absolute Gasteiger partial charge is 0.328 e. The van der Waals surface area contributed by atoms with Gasteiger partial charge in [0.2, 0.25) is 0 Å². The third-order valence-corrected chi connectivity index (χ3v) is 3.63. The van der Waals surface area contributed by atoms with Gasteiger partial charge in [0.15, 0.2) is 0 Å². The zero-order chi connectivity index (χ0) is 15.4. The van der Waals surface area contributed by atoms with Crippen LogP contribution in [0.1, 0.15) is 23.2 Å². The van der Waals surface area contributed by atoms with Gasteiger partial charge in [0.25, 0.3) is 5.91 Å². The number of carbonyl (C=O) groups excluding carboxylic acids is 2. The molecular weight excluding hydrogens is 274 g/mol. The van der Waals surface area contributed by atoms with Crippen LogP contribution < -0.4 is 9.47 Å². The molecule has 0 aliphatic carbocycles. The Labute approximate surface area is 123 Å². The summed E-state index contributed by atoms with van der Waals surface area (Å²) in [6.07, 6.45) is 1.37. The van der Waals surface area contributed by atoms with Crippen molar-refractivity contribution < 1.29 is 23.8 Å². The number of esters is 1. The second-order valence-electron chi connectivity index (χ2n) is 4.72. The molecule has 1 fully saturated rings. The quantitative estimate of drug-likeness (QED) is 0.787. The minimum atomic E-state index is -0.544. The van der Waals surface area contributed by atoms with E-state index >= 15 is 0 Å². The van der Waals surface area contributed by atoms with E-state index in [4.69, 9.17) is 14.2 Å². The van der Waals surface area contributed by atoms with Crippen molar-refractivity contribution >= 4 is 11.9 Å². The second kappa shape index (κ2) is 6.47. The van der Waals surface area contributed by atoms with Gasteiger partial charge in [0, 0.05) is 6.54 Å². The topological polar surface area (TPSA) is 65.1 Å². The van der Waals surface area contributed by atoms with Crippen LogP contribution in [0.5, 0.6) is 11.5 Å². The first kappa shape index (κ1) is 15.2. The highest BCUT2D eigenvalue weighted by molar-refractivity contribution is 6.01. The number of benzene rings is 1. The molecule has 2 rings (SSSR count). The van der Waals surface area contributed by atoms with E-state index in [0.717, 1.165) is 6.42 Å². The van der Waals surface area contributed by atoms with Crippen molar-refractivity contribution in [3.63, 3.8) is 0 Å². The normalized spacial score (nSPS) is 17.5. The zero-order valence-electron chi connectivity index (χ0n) is 12.4. The van der Waals surface area contributed by atoms with Gasteiger partial charge < -0.3 is 19.1 Å². The molecule has 1 aromatic rings. The first-order valence-electron chi connectivity index (χ1n) is 6.73. The predicted octanol–water partition coefficient (Wildman–Crippen LogP) is 1.48. The van der Waals surface area contributed by atoms with E-state index in [2.05, 4.69) is 0 Å². The van der Waals surface area contributed by atoms with Crippen molar-refractivity contribution in [3.05, 3.63) is 23.8 Å². The van der Waals surface area contributed by atoms with Gasteiger partial charge in [-0.1, -0.05) is 6.07 Å². The first-order valence-corrected chi connectivity index (χ1v) is 6.73. The Hall–Kier alpha value is -2.24. The van der Waals surface area contributed by atoms with Crippen molar-refractivity contribution in [3.8, 4) is 11.5 Å². The molecule has 1 amide bonds. The number of nitrogens with zero attached hydrogens (tertiary/aromatic N) is 1. The molecular formula is C15H19NO5. The van der Waals surface area contributed by atoms with Gasteiger partial charge in [-0.05, 0) is 25.0 Å². The summed E-state index contributed by atoms with van der Waals surface area (Å²) >= 11 is 0. The highest BCUT2D eigenvalue weighted by atomic mass is 16.5. The molecule has 1 aliphatic rings. The van der Waals surface area contributed by atoms with Crippen LogP contribution in [0.4, 0.5) is 0 Å². The molecule has 1 heterocycles. The SMILES string of the molecule is COC(=O)C1CCCN1C(=O)c1c(OC)cccc1OC. The highest BCUT2D eigenvalue weighted by Gasteiger charge is 2.37. The van der Waals surface area contributed by atoms with Crippen LogP contribution in [0.25, 0.3) is 0 Å². The number of amides is 1. The summed E-state index contributed by atoms with van der Waals surface area (Å²) in [6, 6.07) is 4.59. The Morgan fingerprint density at radius 1 is 1.14 bits per heavy atom. The fraction of sp³-hybridized carbons (Fsp3) is 0.467. The Balaban J connectivity index is 2.37. The molecule has 0 spiro atoms. The third kappa shape index (κ3) is 2.79. The van der Waals surface area contributed by atoms with E-state index in [-0.39, 0.29) is 5.91 Å². The van der Waals surface area contributed by atoms with Gasteiger partial charge in [0.05, 0.1) is 21.3 Å². The summed E-state index contributed by atoms with van der Waals surface area (Å²) in [7, 11) is 4.31. The molecule has 0 saturated carbocycles. The molecule has 0 N–H and O–H groups in total. The lowest BCUT2D eigenvalue weighted by Crippen LogP contribution is -2.41. The molecule has 1 aliphatic heterocycles. The standard InChI is InChI=1S/C15H19NO5/c1-19-11-7-4-8-12(20-2)13(11)14(17)16-9-5-6-10(16)15(18)21-3/h4,7-8,10H,5-6,9H2,1-3H3. The number of carbonyl (C=O) groups is 2. The molecule has 6 heteroatoms. The predicted molar refractivity (Wildman–Crippen MR) is 75.6 cm³/mol. The molecule has 0 aromatic heterocycles. The van der Waals surface area contributed by atoms with E-state index in [0.29, 0.717) is 30.0 Å². The molecule has 6 nitrogen and oxygen atoms in total. The minimum Gasteiger partial charge on any atom is -0.496 e. The van der Waals surface area contributed by atoms with Gasteiger partial charge >= 0.3 is 5.97 Å². The maximum absolute atomic E-state index is 12.8. The van der Waals surface area contributed by atoms with Crippen molar-refractivity contribution in [1.82, 2.24) is 4.90 Å². The lowest BCUT2D eigenvalue weighted by atomic mass is 10.1. The number of likely N-dealkylation sites (tertiary alicyclic amines) is 1. The molecule has 1 saturated heterocycles. The Kier molecular flexibility index (Phi) is 4.67. The van der Waals surface area contributed by atoms with Crippen molar-refractivity contribution in [2.24, 2.45) is 0 Å².